The third-order valence-electron chi connectivity index (χ3n) is 6.42. The Kier molecular flexibility index (Phi) is 9.80. The van der Waals surface area contributed by atoms with Gasteiger partial charge in [0.15, 0.2) is 11.5 Å². The van der Waals surface area contributed by atoms with Crippen molar-refractivity contribution < 1.29 is 33.8 Å². The van der Waals surface area contributed by atoms with E-state index in [2.05, 4.69) is 13.8 Å². The van der Waals surface area contributed by atoms with Gasteiger partial charge < -0.3 is 29.1 Å². The van der Waals surface area contributed by atoms with E-state index in [1.54, 1.807) is 36.4 Å². The molecular weight excluding hydrogens is 484 g/mol. The van der Waals surface area contributed by atoms with E-state index >= 15 is 0 Å². The Balaban J connectivity index is 2.10. The summed E-state index contributed by atoms with van der Waals surface area (Å²) in [6.07, 6.45) is 0.689. The summed E-state index contributed by atoms with van der Waals surface area (Å²) in [6, 6.07) is 9.59. The molecule has 1 fully saturated rings. The van der Waals surface area contributed by atoms with Gasteiger partial charge in [0.05, 0.1) is 47.0 Å². The minimum absolute atomic E-state index is 0.0475. The van der Waals surface area contributed by atoms with Gasteiger partial charge in [0, 0.05) is 18.5 Å². The normalized spacial score (nSPS) is 17.0. The molecule has 0 spiro atoms. The fourth-order valence-electron chi connectivity index (χ4n) is 4.54. The highest BCUT2D eigenvalue weighted by atomic mass is 16.5. The number of benzene rings is 2. The number of Topliss-reactive ketones (excluding diaryl/α,β-unsaturated/α-hetero) is 1. The highest BCUT2D eigenvalue weighted by Crippen LogP contribution is 2.41. The molecule has 38 heavy (non-hydrogen) atoms. The number of quaternary nitrogens is 1. The van der Waals surface area contributed by atoms with Crippen molar-refractivity contribution in [1.82, 2.24) is 4.90 Å². The number of methoxy groups -OCH3 is 1. The Morgan fingerprint density at radius 2 is 1.76 bits per heavy atom. The van der Waals surface area contributed by atoms with Crippen molar-refractivity contribution in [3.8, 4) is 17.2 Å². The Bertz CT molecular complexity index is 1190. The second kappa shape index (κ2) is 12.8. The first-order valence-electron chi connectivity index (χ1n) is 13.2. The third kappa shape index (κ3) is 6.48. The van der Waals surface area contributed by atoms with E-state index in [9.17, 15) is 14.7 Å². The number of carbonyl (C=O) groups is 2. The maximum atomic E-state index is 13.8. The molecule has 1 atom stereocenters. The number of likely N-dealkylation sites (tertiary alicyclic amines) is 1. The van der Waals surface area contributed by atoms with Gasteiger partial charge in [0.2, 0.25) is 5.78 Å². The molecule has 1 unspecified atom stereocenters. The Labute approximate surface area is 225 Å². The summed E-state index contributed by atoms with van der Waals surface area (Å²) in [4.78, 5) is 29.3. The topological polar surface area (TPSA) is 92.6 Å². The molecule has 206 valence electrons. The number of aryl methyl sites for hydroxylation is 1. The van der Waals surface area contributed by atoms with Gasteiger partial charge in [-0.05, 0) is 60.7 Å². The molecule has 2 aromatic carbocycles. The second-order valence-corrected chi connectivity index (χ2v) is 10.3. The van der Waals surface area contributed by atoms with Gasteiger partial charge in [-0.25, -0.2) is 0 Å². The van der Waals surface area contributed by atoms with Crippen LogP contribution in [0.3, 0.4) is 0 Å². The van der Waals surface area contributed by atoms with Crippen LogP contribution in [0.15, 0.2) is 42.0 Å². The van der Waals surface area contributed by atoms with Crippen molar-refractivity contribution in [2.24, 2.45) is 5.92 Å². The molecule has 3 rings (SSSR count). The van der Waals surface area contributed by atoms with Gasteiger partial charge in [0.25, 0.3) is 5.91 Å². The minimum Gasteiger partial charge on any atom is -0.872 e. The molecular formula is C30H40N2O6. The molecule has 1 saturated heterocycles. The molecule has 1 N–H and O–H groups in total. The molecule has 1 heterocycles. The minimum atomic E-state index is -0.818. The van der Waals surface area contributed by atoms with Gasteiger partial charge >= 0.3 is 0 Å². The smallest absolute Gasteiger partial charge is 0.295 e. The van der Waals surface area contributed by atoms with Gasteiger partial charge in [-0.1, -0.05) is 31.7 Å². The zero-order chi connectivity index (χ0) is 28.0. The quantitative estimate of drug-likeness (QED) is 0.260. The predicted octanol–water partition coefficient (Wildman–Crippen LogP) is 2.20. The van der Waals surface area contributed by atoms with Crippen molar-refractivity contribution in [1.29, 1.82) is 0 Å². The van der Waals surface area contributed by atoms with Crippen LogP contribution in [0, 0.1) is 12.8 Å². The van der Waals surface area contributed by atoms with E-state index in [-0.39, 0.29) is 5.57 Å². The fraction of sp³-hybridized carbons (Fsp3) is 0.467. The number of ether oxygens (including phenoxy) is 3. The van der Waals surface area contributed by atoms with Crippen LogP contribution in [0.4, 0.5) is 0 Å². The second-order valence-electron chi connectivity index (χ2n) is 10.3. The van der Waals surface area contributed by atoms with Crippen molar-refractivity contribution in [2.45, 2.75) is 40.2 Å². The number of hydrogen-bond acceptors (Lipinski definition) is 6. The summed E-state index contributed by atoms with van der Waals surface area (Å²) in [5.41, 5.74) is 1.71. The monoisotopic (exact) mass is 524 g/mol. The zero-order valence-corrected chi connectivity index (χ0v) is 23.6. The average Bonchev–Trinajstić information content (AvgIpc) is 3.12. The first-order chi connectivity index (χ1) is 18.1. The van der Waals surface area contributed by atoms with Crippen LogP contribution in [0.25, 0.3) is 5.76 Å². The first-order valence-corrected chi connectivity index (χ1v) is 13.2. The lowest BCUT2D eigenvalue weighted by Gasteiger charge is -2.28. The number of amides is 1. The van der Waals surface area contributed by atoms with Crippen LogP contribution in [-0.4, -0.2) is 64.1 Å². The predicted molar refractivity (Wildman–Crippen MR) is 144 cm³/mol. The summed E-state index contributed by atoms with van der Waals surface area (Å²) in [6.45, 7) is 10.1. The number of nitrogens with zero attached hydrogens (tertiary/aromatic N) is 1. The summed E-state index contributed by atoms with van der Waals surface area (Å²) in [5.74, 6) is 0.202. The summed E-state index contributed by atoms with van der Waals surface area (Å²) in [5, 5.41) is 13.8. The van der Waals surface area contributed by atoms with E-state index in [0.717, 1.165) is 12.1 Å². The van der Waals surface area contributed by atoms with Crippen LogP contribution in [0.2, 0.25) is 0 Å². The molecule has 8 nitrogen and oxygen atoms in total. The van der Waals surface area contributed by atoms with E-state index in [4.69, 9.17) is 14.2 Å². The Morgan fingerprint density at radius 1 is 1.05 bits per heavy atom. The molecule has 2 aromatic rings. The first kappa shape index (κ1) is 29.0. The van der Waals surface area contributed by atoms with Crippen LogP contribution < -0.4 is 24.2 Å². The Morgan fingerprint density at radius 3 is 2.37 bits per heavy atom. The molecule has 0 radical (unpaired) electrons. The van der Waals surface area contributed by atoms with Gasteiger partial charge in [-0.2, -0.15) is 0 Å². The number of rotatable bonds is 12. The summed E-state index contributed by atoms with van der Waals surface area (Å²) in [7, 11) is 5.60. The lowest BCUT2D eigenvalue weighted by Crippen LogP contribution is -3.05. The summed E-state index contributed by atoms with van der Waals surface area (Å²) >= 11 is 0. The van der Waals surface area contributed by atoms with E-state index in [1.165, 1.54) is 16.9 Å². The SMILES string of the molecule is CCOc1ccc(C2C(=C([O-])c3ccc(OCC(C)C)c(C)c3)C(=O)C(=O)N2CCC[NH+](C)C)cc1OC. The van der Waals surface area contributed by atoms with Crippen LogP contribution >= 0.6 is 0 Å². The molecule has 1 aliphatic rings. The Hall–Kier alpha value is -3.52. The lowest BCUT2D eigenvalue weighted by molar-refractivity contribution is -0.858. The number of nitrogens with one attached hydrogen (secondary N) is 1. The van der Waals surface area contributed by atoms with Gasteiger partial charge in [-0.3, -0.25) is 9.59 Å². The maximum absolute atomic E-state index is 13.8. The van der Waals surface area contributed by atoms with Crippen molar-refractivity contribution >= 4 is 17.4 Å². The number of ketones is 1. The molecule has 1 aliphatic heterocycles. The standard InChI is InChI=1S/C30H40N2O6/c1-8-37-24-13-10-21(17-25(24)36-7)27-26(29(34)30(35)32(27)15-9-14-31(5)6)28(33)22-11-12-23(20(4)16-22)38-18-19(2)3/h10-13,16-17,19,27,33H,8-9,14-15,18H2,1-7H3. The van der Waals surface area contributed by atoms with Crippen LogP contribution in [0.1, 0.15) is 49.9 Å². The largest absolute Gasteiger partial charge is 0.872 e. The highest BCUT2D eigenvalue weighted by molar-refractivity contribution is 6.46. The van der Waals surface area contributed by atoms with E-state index in [0.29, 0.717) is 60.5 Å². The highest BCUT2D eigenvalue weighted by Gasteiger charge is 2.44. The van der Waals surface area contributed by atoms with Crippen LogP contribution in [0.5, 0.6) is 17.2 Å². The molecule has 0 bridgehead atoms. The van der Waals surface area contributed by atoms with E-state index < -0.39 is 23.5 Å². The van der Waals surface area contributed by atoms with Crippen molar-refractivity contribution in [2.75, 3.05) is 47.5 Å². The molecule has 0 saturated carbocycles. The zero-order valence-electron chi connectivity index (χ0n) is 23.6. The lowest BCUT2D eigenvalue weighted by atomic mass is 9.94. The van der Waals surface area contributed by atoms with Gasteiger partial charge in [-0.15, -0.1) is 0 Å². The fourth-order valence-corrected chi connectivity index (χ4v) is 4.54. The third-order valence-corrected chi connectivity index (χ3v) is 6.42. The summed E-state index contributed by atoms with van der Waals surface area (Å²) < 4.78 is 17.0. The van der Waals surface area contributed by atoms with Crippen molar-refractivity contribution in [3.63, 3.8) is 0 Å². The van der Waals surface area contributed by atoms with E-state index in [1.807, 2.05) is 27.9 Å². The molecule has 1 amide bonds. The van der Waals surface area contributed by atoms with Crippen LogP contribution in [-0.2, 0) is 9.59 Å². The maximum Gasteiger partial charge on any atom is 0.295 e. The number of hydrogen-bond donors (Lipinski definition) is 1. The molecule has 8 heteroatoms. The van der Waals surface area contributed by atoms with Crippen molar-refractivity contribution in [3.05, 3.63) is 58.7 Å². The van der Waals surface area contributed by atoms with Gasteiger partial charge in [0.1, 0.15) is 5.75 Å². The molecule has 0 aliphatic carbocycles. The number of carbonyl (C=O) groups excluding carboxylic acids is 2. The average molecular weight is 525 g/mol. The molecule has 0 aromatic heterocycles.